The Balaban J connectivity index is 1.77. The Bertz CT molecular complexity index is 326. The predicted octanol–water partition coefficient (Wildman–Crippen LogP) is 2.26. The Kier molecular flexibility index (Phi) is 2.53. The molecule has 0 aromatic carbocycles. The van der Waals surface area contributed by atoms with E-state index in [2.05, 4.69) is 5.32 Å². The molecule has 1 N–H and O–H groups in total. The Morgan fingerprint density at radius 2 is 1.53 bits per heavy atom. The Labute approximate surface area is 102 Å². The highest BCUT2D eigenvalue weighted by Gasteiger charge is 2.54. The minimum atomic E-state index is -0.181. The van der Waals surface area contributed by atoms with E-state index in [1.165, 1.54) is 19.3 Å². The van der Waals surface area contributed by atoms with E-state index < -0.39 is 0 Å². The fraction of sp³-hybridized carbons (Fsp3) is 0.857. The van der Waals surface area contributed by atoms with Crippen LogP contribution in [0.5, 0.6) is 0 Å². The molecule has 17 heavy (non-hydrogen) atoms. The highest BCUT2D eigenvalue weighted by Crippen LogP contribution is 2.60. The van der Waals surface area contributed by atoms with Crippen molar-refractivity contribution < 1.29 is 9.59 Å². The summed E-state index contributed by atoms with van der Waals surface area (Å²) in [7, 11) is 0. The lowest BCUT2D eigenvalue weighted by atomic mass is 9.49. The van der Waals surface area contributed by atoms with Crippen molar-refractivity contribution in [2.45, 2.75) is 51.9 Å². The molecule has 4 fully saturated rings. The van der Waals surface area contributed by atoms with E-state index in [1.54, 1.807) is 6.92 Å². The zero-order valence-electron chi connectivity index (χ0n) is 10.5. The van der Waals surface area contributed by atoms with Gasteiger partial charge < -0.3 is 0 Å². The summed E-state index contributed by atoms with van der Waals surface area (Å²) in [5.41, 5.74) is -0.181. The third-order valence-electron chi connectivity index (χ3n) is 5.09. The molecule has 0 saturated heterocycles. The normalized spacial score (nSPS) is 42.5. The maximum Gasteiger partial charge on any atom is 0.232 e. The largest absolute Gasteiger partial charge is 0.296 e. The summed E-state index contributed by atoms with van der Waals surface area (Å²) < 4.78 is 0. The van der Waals surface area contributed by atoms with Crippen LogP contribution >= 0.6 is 0 Å². The maximum atomic E-state index is 12.3. The minimum absolute atomic E-state index is 0.0310. The van der Waals surface area contributed by atoms with E-state index in [4.69, 9.17) is 0 Å². The van der Waals surface area contributed by atoms with Gasteiger partial charge in [-0.05, 0) is 56.3 Å². The fourth-order valence-electron chi connectivity index (χ4n) is 4.74. The monoisotopic (exact) mass is 235 g/mol. The predicted molar refractivity (Wildman–Crippen MR) is 64.0 cm³/mol. The molecule has 0 aromatic rings. The molecule has 3 heteroatoms. The van der Waals surface area contributed by atoms with Crippen molar-refractivity contribution in [1.29, 1.82) is 0 Å². The molecule has 0 radical (unpaired) electrons. The first-order valence-electron chi connectivity index (χ1n) is 6.95. The highest BCUT2D eigenvalue weighted by atomic mass is 16.2. The van der Waals surface area contributed by atoms with Crippen molar-refractivity contribution in [1.82, 2.24) is 5.32 Å². The number of carbonyl (C=O) groups excluding carboxylic acids is 2. The first kappa shape index (κ1) is 11.2. The quantitative estimate of drug-likeness (QED) is 0.798. The lowest BCUT2D eigenvalue weighted by Crippen LogP contribution is -2.54. The van der Waals surface area contributed by atoms with Crippen LogP contribution in [0.1, 0.15) is 51.9 Å². The van der Waals surface area contributed by atoms with Crippen LogP contribution in [0.25, 0.3) is 0 Å². The zero-order valence-corrected chi connectivity index (χ0v) is 10.5. The second-order valence-corrected chi connectivity index (χ2v) is 6.43. The summed E-state index contributed by atoms with van der Waals surface area (Å²) in [5.74, 6) is 2.17. The first-order valence-corrected chi connectivity index (χ1v) is 6.95. The molecule has 0 unspecified atom stereocenters. The summed E-state index contributed by atoms with van der Waals surface area (Å²) in [5, 5.41) is 2.61. The summed E-state index contributed by atoms with van der Waals surface area (Å²) in [4.78, 5) is 23.7. The molecule has 3 nitrogen and oxygen atoms in total. The Morgan fingerprint density at radius 1 is 1.06 bits per heavy atom. The van der Waals surface area contributed by atoms with Crippen LogP contribution < -0.4 is 5.32 Å². The Hall–Kier alpha value is -0.860. The lowest BCUT2D eigenvalue weighted by molar-refractivity contribution is -0.149. The van der Waals surface area contributed by atoms with E-state index in [-0.39, 0.29) is 17.2 Å². The molecular formula is C14H21NO2. The van der Waals surface area contributed by atoms with Crippen molar-refractivity contribution in [3.63, 3.8) is 0 Å². The van der Waals surface area contributed by atoms with E-state index in [9.17, 15) is 9.59 Å². The van der Waals surface area contributed by atoms with Gasteiger partial charge in [0.25, 0.3) is 0 Å². The molecule has 94 valence electrons. The summed E-state index contributed by atoms with van der Waals surface area (Å²) in [6.07, 6.45) is 7.47. The summed E-state index contributed by atoms with van der Waals surface area (Å²) in [6.45, 7) is 1.79. The van der Waals surface area contributed by atoms with Crippen LogP contribution in [0.3, 0.4) is 0 Å². The second kappa shape index (κ2) is 3.82. The number of hydrogen-bond acceptors (Lipinski definition) is 2. The van der Waals surface area contributed by atoms with E-state index in [0.717, 1.165) is 37.0 Å². The molecule has 4 aliphatic rings. The number of imide groups is 1. The highest BCUT2D eigenvalue weighted by molar-refractivity contribution is 5.98. The lowest BCUT2D eigenvalue weighted by Gasteiger charge is -2.55. The van der Waals surface area contributed by atoms with Gasteiger partial charge >= 0.3 is 0 Å². The summed E-state index contributed by atoms with van der Waals surface area (Å²) in [6, 6.07) is 0. The SMILES string of the molecule is CCC(=O)NC(=O)C12CC3CC(CC(C3)C1)C2. The van der Waals surface area contributed by atoms with Crippen molar-refractivity contribution in [2.75, 3.05) is 0 Å². The summed E-state index contributed by atoms with van der Waals surface area (Å²) >= 11 is 0. The van der Waals surface area contributed by atoms with Crippen LogP contribution in [0, 0.1) is 23.2 Å². The number of hydrogen-bond donors (Lipinski definition) is 1. The molecule has 0 spiro atoms. The topological polar surface area (TPSA) is 46.2 Å². The van der Waals surface area contributed by atoms with Crippen molar-refractivity contribution in [3.8, 4) is 0 Å². The number of amides is 2. The standard InChI is InChI=1S/C14H21NO2/c1-2-12(16)15-13(17)14-6-9-3-10(7-14)5-11(4-9)8-14/h9-11H,2-8H2,1H3,(H,15,16,17). The third-order valence-corrected chi connectivity index (χ3v) is 5.09. The molecule has 0 atom stereocenters. The smallest absolute Gasteiger partial charge is 0.232 e. The second-order valence-electron chi connectivity index (χ2n) is 6.43. The van der Waals surface area contributed by atoms with Crippen LogP contribution in [-0.4, -0.2) is 11.8 Å². The van der Waals surface area contributed by atoms with Gasteiger partial charge in [-0.1, -0.05) is 6.92 Å². The van der Waals surface area contributed by atoms with Gasteiger partial charge in [0.05, 0.1) is 5.41 Å². The van der Waals surface area contributed by atoms with E-state index >= 15 is 0 Å². The zero-order chi connectivity index (χ0) is 12.0. The number of rotatable bonds is 2. The van der Waals surface area contributed by atoms with Gasteiger partial charge in [0.2, 0.25) is 11.8 Å². The maximum absolute atomic E-state index is 12.3. The van der Waals surface area contributed by atoms with Gasteiger partial charge in [-0.2, -0.15) is 0 Å². The van der Waals surface area contributed by atoms with Crippen molar-refractivity contribution in [3.05, 3.63) is 0 Å². The molecule has 0 heterocycles. The molecule has 0 aliphatic heterocycles. The first-order chi connectivity index (χ1) is 8.11. The van der Waals surface area contributed by atoms with Crippen LogP contribution in [0.2, 0.25) is 0 Å². The van der Waals surface area contributed by atoms with Crippen LogP contribution in [0.4, 0.5) is 0 Å². The fourth-order valence-corrected chi connectivity index (χ4v) is 4.74. The third kappa shape index (κ3) is 1.80. The average Bonchev–Trinajstić information content (AvgIpc) is 2.26. The van der Waals surface area contributed by atoms with E-state index in [1.807, 2.05) is 0 Å². The van der Waals surface area contributed by atoms with E-state index in [0.29, 0.717) is 6.42 Å². The molecule has 0 aromatic heterocycles. The molecule has 4 rings (SSSR count). The minimum Gasteiger partial charge on any atom is -0.296 e. The van der Waals surface area contributed by atoms with Crippen molar-refractivity contribution in [2.24, 2.45) is 23.2 Å². The van der Waals surface area contributed by atoms with Gasteiger partial charge in [0.1, 0.15) is 0 Å². The molecule has 2 amide bonds. The van der Waals surface area contributed by atoms with Gasteiger partial charge in [-0.15, -0.1) is 0 Å². The van der Waals surface area contributed by atoms with Crippen LogP contribution in [-0.2, 0) is 9.59 Å². The molecule has 4 aliphatic carbocycles. The van der Waals surface area contributed by atoms with Crippen molar-refractivity contribution >= 4 is 11.8 Å². The molecule has 4 bridgehead atoms. The molecule has 4 saturated carbocycles. The van der Waals surface area contributed by atoms with Gasteiger partial charge in [-0.3, -0.25) is 14.9 Å². The van der Waals surface area contributed by atoms with Gasteiger partial charge in [0, 0.05) is 6.42 Å². The van der Waals surface area contributed by atoms with Gasteiger partial charge in [0.15, 0.2) is 0 Å². The number of carbonyl (C=O) groups is 2. The van der Waals surface area contributed by atoms with Gasteiger partial charge in [-0.25, -0.2) is 0 Å². The Morgan fingerprint density at radius 3 is 1.94 bits per heavy atom. The molecular weight excluding hydrogens is 214 g/mol. The van der Waals surface area contributed by atoms with Crippen LogP contribution in [0.15, 0.2) is 0 Å². The number of nitrogens with one attached hydrogen (secondary N) is 1. The average molecular weight is 235 g/mol.